The van der Waals surface area contributed by atoms with E-state index < -0.39 is 10.0 Å². The number of rotatable bonds is 7. The minimum Gasteiger partial charge on any atom is -0.469 e. The number of aliphatic hydroxyl groups excluding tert-OH is 1. The molecule has 2 rings (SSSR count). The van der Waals surface area contributed by atoms with Crippen LogP contribution in [0, 0.1) is 19.8 Å². The monoisotopic (exact) mass is 327 g/mol. The third-order valence-corrected chi connectivity index (χ3v) is 5.28. The summed E-state index contributed by atoms with van der Waals surface area (Å²) in [6.07, 6.45) is 2.02. The summed E-state index contributed by atoms with van der Waals surface area (Å²) < 4.78 is 34.2. The molecule has 0 spiro atoms. The van der Waals surface area contributed by atoms with Crippen LogP contribution < -0.4 is 4.72 Å². The Kier molecular flexibility index (Phi) is 5.05. The van der Waals surface area contributed by atoms with E-state index in [0.717, 1.165) is 0 Å². The molecule has 0 bridgehead atoms. The smallest absolute Gasteiger partial charge is 0.244 e. The molecule has 122 valence electrons. The highest BCUT2D eigenvalue weighted by molar-refractivity contribution is 7.89. The lowest BCUT2D eigenvalue weighted by Gasteiger charge is -2.14. The van der Waals surface area contributed by atoms with Crippen LogP contribution in [-0.2, 0) is 23.5 Å². The van der Waals surface area contributed by atoms with Crippen LogP contribution in [0.2, 0.25) is 0 Å². The summed E-state index contributed by atoms with van der Waals surface area (Å²) in [5, 5.41) is 13.5. The van der Waals surface area contributed by atoms with Gasteiger partial charge < -0.3 is 9.52 Å². The first-order chi connectivity index (χ1) is 10.3. The predicted octanol–water partition coefficient (Wildman–Crippen LogP) is 0.759. The van der Waals surface area contributed by atoms with E-state index in [-0.39, 0.29) is 24.0 Å². The van der Waals surface area contributed by atoms with Crippen molar-refractivity contribution in [1.29, 1.82) is 0 Å². The number of nitrogens with one attached hydrogen (secondary N) is 1. The zero-order valence-corrected chi connectivity index (χ0v) is 13.7. The molecular formula is C14H21N3O4S. The molecule has 7 nitrogen and oxygen atoms in total. The van der Waals surface area contributed by atoms with Crippen LogP contribution in [-0.4, -0.2) is 36.5 Å². The first-order valence-electron chi connectivity index (χ1n) is 6.98. The van der Waals surface area contributed by atoms with Gasteiger partial charge >= 0.3 is 0 Å². The van der Waals surface area contributed by atoms with Crippen molar-refractivity contribution >= 4 is 10.0 Å². The molecule has 0 radical (unpaired) electrons. The zero-order valence-electron chi connectivity index (χ0n) is 12.9. The van der Waals surface area contributed by atoms with Crippen LogP contribution in [0.25, 0.3) is 0 Å². The normalized spacial score (nSPS) is 13.5. The number of hydrogen-bond donors (Lipinski definition) is 2. The fraction of sp³-hybridized carbons (Fsp3) is 0.500. The maximum atomic E-state index is 12.4. The number of hydrogen-bond acceptors (Lipinski definition) is 5. The van der Waals surface area contributed by atoms with E-state index in [4.69, 9.17) is 4.42 Å². The van der Waals surface area contributed by atoms with Crippen molar-refractivity contribution in [2.24, 2.45) is 13.0 Å². The van der Waals surface area contributed by atoms with Crippen LogP contribution in [0.4, 0.5) is 0 Å². The molecule has 2 aromatic rings. The summed E-state index contributed by atoms with van der Waals surface area (Å²) in [5.74, 6) is 0.463. The Hall–Kier alpha value is -1.64. The van der Waals surface area contributed by atoms with Gasteiger partial charge in [-0.3, -0.25) is 4.68 Å². The number of aryl methyl sites for hydroxylation is 2. The fourth-order valence-corrected chi connectivity index (χ4v) is 3.91. The minimum absolute atomic E-state index is 0.131. The second-order valence-corrected chi connectivity index (χ2v) is 7.01. The molecule has 0 aliphatic heterocycles. The quantitative estimate of drug-likeness (QED) is 0.782. The average Bonchev–Trinajstić information content (AvgIpc) is 3.04. The van der Waals surface area contributed by atoms with Gasteiger partial charge in [0.15, 0.2) is 0 Å². The van der Waals surface area contributed by atoms with Gasteiger partial charge in [0.05, 0.1) is 17.7 Å². The molecule has 8 heteroatoms. The Morgan fingerprint density at radius 3 is 2.68 bits per heavy atom. The number of nitrogens with zero attached hydrogens (tertiary/aromatic N) is 2. The topological polar surface area (TPSA) is 97.4 Å². The number of aromatic nitrogens is 2. The standard InChI is InChI=1S/C14H21N3O4S/c1-10-14(11(2)17(3)16-10)22(19,20)15-8-12(9-18)7-13-5-4-6-21-13/h4-6,12,15,18H,7-9H2,1-3H3/t12-/m0/s1. The van der Waals surface area contributed by atoms with Gasteiger partial charge in [-0.25, -0.2) is 13.1 Å². The number of aliphatic hydroxyl groups is 1. The van der Waals surface area contributed by atoms with Gasteiger partial charge in [0.25, 0.3) is 0 Å². The van der Waals surface area contributed by atoms with E-state index in [1.54, 1.807) is 39.3 Å². The summed E-state index contributed by atoms with van der Waals surface area (Å²) >= 11 is 0. The maximum absolute atomic E-state index is 12.4. The number of sulfonamides is 1. The molecule has 0 aromatic carbocycles. The summed E-state index contributed by atoms with van der Waals surface area (Å²) in [6, 6.07) is 3.56. The molecule has 0 aliphatic carbocycles. The largest absolute Gasteiger partial charge is 0.469 e. The first-order valence-corrected chi connectivity index (χ1v) is 8.46. The van der Waals surface area contributed by atoms with Gasteiger partial charge in [-0.1, -0.05) is 0 Å². The van der Waals surface area contributed by atoms with Crippen LogP contribution >= 0.6 is 0 Å². The second kappa shape index (κ2) is 6.64. The Bertz CT molecular complexity index is 720. The van der Waals surface area contributed by atoms with Crippen LogP contribution in [0.15, 0.2) is 27.7 Å². The van der Waals surface area contributed by atoms with Crippen molar-refractivity contribution < 1.29 is 17.9 Å². The van der Waals surface area contributed by atoms with Crippen LogP contribution in [0.1, 0.15) is 17.1 Å². The lowest BCUT2D eigenvalue weighted by atomic mass is 10.1. The van der Waals surface area contributed by atoms with E-state index in [9.17, 15) is 13.5 Å². The molecule has 2 N–H and O–H groups in total. The van der Waals surface area contributed by atoms with Crippen molar-refractivity contribution in [2.75, 3.05) is 13.2 Å². The van der Waals surface area contributed by atoms with E-state index in [1.165, 1.54) is 4.68 Å². The van der Waals surface area contributed by atoms with Crippen molar-refractivity contribution in [3.05, 3.63) is 35.5 Å². The van der Waals surface area contributed by atoms with Gasteiger partial charge in [0.1, 0.15) is 10.7 Å². The van der Waals surface area contributed by atoms with Crippen molar-refractivity contribution in [1.82, 2.24) is 14.5 Å². The Morgan fingerprint density at radius 2 is 2.18 bits per heavy atom. The SMILES string of the molecule is Cc1nn(C)c(C)c1S(=O)(=O)NC[C@@H](CO)Cc1ccco1. The maximum Gasteiger partial charge on any atom is 0.244 e. The minimum atomic E-state index is -3.66. The highest BCUT2D eigenvalue weighted by atomic mass is 32.2. The highest BCUT2D eigenvalue weighted by Gasteiger charge is 2.24. The molecule has 2 heterocycles. The summed E-state index contributed by atoms with van der Waals surface area (Å²) in [7, 11) is -1.96. The molecule has 0 saturated heterocycles. The lowest BCUT2D eigenvalue weighted by Crippen LogP contribution is -2.32. The Labute approximate surface area is 130 Å². The predicted molar refractivity (Wildman–Crippen MR) is 80.9 cm³/mol. The molecule has 0 aliphatic rings. The van der Waals surface area contributed by atoms with Gasteiger partial charge in [0.2, 0.25) is 10.0 Å². The summed E-state index contributed by atoms with van der Waals surface area (Å²) in [6.45, 7) is 3.37. The van der Waals surface area contributed by atoms with Crippen molar-refractivity contribution in [3.8, 4) is 0 Å². The van der Waals surface area contributed by atoms with Crippen LogP contribution in [0.3, 0.4) is 0 Å². The Balaban J connectivity index is 2.08. The van der Waals surface area contributed by atoms with E-state index >= 15 is 0 Å². The van der Waals surface area contributed by atoms with Gasteiger partial charge in [-0.05, 0) is 26.0 Å². The molecule has 0 saturated carbocycles. The molecule has 2 aromatic heterocycles. The molecule has 0 amide bonds. The molecule has 22 heavy (non-hydrogen) atoms. The zero-order chi connectivity index (χ0) is 16.3. The van der Waals surface area contributed by atoms with Gasteiger partial charge in [-0.15, -0.1) is 0 Å². The first kappa shape index (κ1) is 16.7. The van der Waals surface area contributed by atoms with Gasteiger partial charge in [0, 0.05) is 32.5 Å². The molecule has 1 atom stereocenters. The summed E-state index contributed by atoms with van der Waals surface area (Å²) in [5.41, 5.74) is 1.04. The van der Waals surface area contributed by atoms with Gasteiger partial charge in [-0.2, -0.15) is 5.10 Å². The van der Waals surface area contributed by atoms with Crippen molar-refractivity contribution in [3.63, 3.8) is 0 Å². The fourth-order valence-electron chi connectivity index (χ4n) is 2.36. The third kappa shape index (κ3) is 3.57. The average molecular weight is 327 g/mol. The molecule has 0 unspecified atom stereocenters. The van der Waals surface area contributed by atoms with E-state index in [2.05, 4.69) is 9.82 Å². The van der Waals surface area contributed by atoms with E-state index in [0.29, 0.717) is 23.6 Å². The van der Waals surface area contributed by atoms with Crippen molar-refractivity contribution in [2.45, 2.75) is 25.2 Å². The molecular weight excluding hydrogens is 306 g/mol. The Morgan fingerprint density at radius 1 is 1.45 bits per heavy atom. The van der Waals surface area contributed by atoms with Crippen LogP contribution in [0.5, 0.6) is 0 Å². The van der Waals surface area contributed by atoms with E-state index in [1.807, 2.05) is 0 Å². The highest BCUT2D eigenvalue weighted by Crippen LogP contribution is 2.18. The summed E-state index contributed by atoms with van der Waals surface area (Å²) in [4.78, 5) is 0.199. The lowest BCUT2D eigenvalue weighted by molar-refractivity contribution is 0.221. The third-order valence-electron chi connectivity index (χ3n) is 3.60. The second-order valence-electron chi connectivity index (χ2n) is 5.31. The molecule has 0 fully saturated rings. The number of furan rings is 1.